The van der Waals surface area contributed by atoms with Gasteiger partial charge in [-0.3, -0.25) is 9.47 Å². The van der Waals surface area contributed by atoms with Crippen molar-refractivity contribution in [2.24, 2.45) is 0 Å². The molecule has 1 N–H and O–H groups in total. The molecule has 5 rings (SSSR count). The van der Waals surface area contributed by atoms with Crippen LogP contribution in [0.15, 0.2) is 40.0 Å². The van der Waals surface area contributed by atoms with Crippen molar-refractivity contribution in [3.8, 4) is 11.1 Å². The summed E-state index contributed by atoms with van der Waals surface area (Å²) >= 11 is 1.02. The van der Waals surface area contributed by atoms with Crippen LogP contribution in [0.4, 0.5) is 28.2 Å². The Morgan fingerprint density at radius 3 is 2.26 bits per heavy atom. The number of carbonyl (C=O) groups excluding carboxylic acids is 1. The van der Waals surface area contributed by atoms with E-state index in [2.05, 4.69) is 4.98 Å². The Hall–Kier alpha value is -3.32. The average molecular weight is 609 g/mol. The predicted octanol–water partition coefficient (Wildman–Crippen LogP) is 5.52. The second kappa shape index (κ2) is 10.7. The summed E-state index contributed by atoms with van der Waals surface area (Å²) in [5.41, 5.74) is -2.20. The van der Waals surface area contributed by atoms with Gasteiger partial charge in [0.15, 0.2) is 0 Å². The first-order valence-electron chi connectivity index (χ1n) is 13.6. The summed E-state index contributed by atoms with van der Waals surface area (Å²) in [7, 11) is 0. The lowest BCUT2D eigenvalue weighted by molar-refractivity contribution is -0.137. The molecule has 1 aromatic heterocycles. The number of amides is 1. The normalized spacial score (nSPS) is 21.4. The summed E-state index contributed by atoms with van der Waals surface area (Å²) in [6, 6.07) is 4.89. The van der Waals surface area contributed by atoms with Crippen LogP contribution in [-0.4, -0.2) is 68.3 Å². The number of halogens is 4. The molecule has 0 bridgehead atoms. The lowest BCUT2D eigenvalue weighted by Crippen LogP contribution is -2.59. The van der Waals surface area contributed by atoms with Gasteiger partial charge >= 0.3 is 18.0 Å². The van der Waals surface area contributed by atoms with Crippen LogP contribution in [0, 0.1) is 5.82 Å². The Morgan fingerprint density at radius 1 is 1.07 bits per heavy atom. The number of ether oxygens (including phenoxy) is 1. The molecule has 0 unspecified atom stereocenters. The minimum absolute atomic E-state index is 0.0453. The maximum Gasteiger partial charge on any atom is 0.417 e. The quantitative estimate of drug-likeness (QED) is 0.384. The van der Waals surface area contributed by atoms with Gasteiger partial charge in [-0.1, -0.05) is 12.1 Å². The molecule has 1 fully saturated rings. The molecular formula is C29H32F4N4O4S. The molecule has 3 atom stereocenters. The van der Waals surface area contributed by atoms with Crippen molar-refractivity contribution < 1.29 is 32.2 Å². The smallest absolute Gasteiger partial charge is 0.417 e. The number of aliphatic hydroxyl groups is 1. The average Bonchev–Trinajstić information content (AvgIpc) is 3.04. The number of piperazine rings is 1. The number of alkyl halides is 3. The van der Waals surface area contributed by atoms with Crippen LogP contribution in [0.25, 0.3) is 22.0 Å². The van der Waals surface area contributed by atoms with Gasteiger partial charge in [-0.05, 0) is 58.4 Å². The lowest BCUT2D eigenvalue weighted by Gasteiger charge is -2.45. The van der Waals surface area contributed by atoms with E-state index < -0.39 is 53.1 Å². The van der Waals surface area contributed by atoms with E-state index in [1.54, 1.807) is 44.4 Å². The van der Waals surface area contributed by atoms with Gasteiger partial charge in [-0.15, -0.1) is 11.8 Å². The van der Waals surface area contributed by atoms with E-state index in [9.17, 15) is 32.3 Å². The van der Waals surface area contributed by atoms with Gasteiger partial charge in [0, 0.05) is 34.7 Å². The minimum atomic E-state index is -4.80. The number of carbonyl (C=O) groups is 1. The zero-order chi connectivity index (χ0) is 30.7. The van der Waals surface area contributed by atoms with E-state index >= 15 is 0 Å². The Bertz CT molecular complexity index is 1570. The van der Waals surface area contributed by atoms with Crippen molar-refractivity contribution in [2.75, 3.05) is 23.7 Å². The molecule has 2 aliphatic heterocycles. The number of aliphatic hydroxyl groups excluding tert-OH is 1. The summed E-state index contributed by atoms with van der Waals surface area (Å²) in [5, 5.41) is 10.7. The summed E-state index contributed by atoms with van der Waals surface area (Å²) in [4.78, 5) is 34.1. The van der Waals surface area contributed by atoms with E-state index in [1.807, 2.05) is 0 Å². The fourth-order valence-corrected chi connectivity index (χ4v) is 6.88. The molecule has 42 heavy (non-hydrogen) atoms. The van der Waals surface area contributed by atoms with Crippen LogP contribution in [-0.2, 0) is 17.5 Å². The molecule has 3 heterocycles. The van der Waals surface area contributed by atoms with Gasteiger partial charge < -0.3 is 14.7 Å². The molecular weight excluding hydrogens is 576 g/mol. The molecule has 13 heteroatoms. The number of hydrogen-bond donors (Lipinski definition) is 1. The number of rotatable bonds is 2. The summed E-state index contributed by atoms with van der Waals surface area (Å²) < 4.78 is 64.7. The molecule has 8 nitrogen and oxygen atoms in total. The molecule has 3 aromatic rings. The standard InChI is InChI=1S/C29H32F4N4O4S/c1-15-11-35(12-16(2)37(15)27(40)41-28(3,4)5)25-20-10-21(29(31,32)33)22(17-6-8-18(30)9-7-17)24-23(20)36(26(39)34-25)13-19(38)14-42-24/h6-10,15-16,19,38H,11-14H2,1-5H3/t15-,16+,19-/m0/s1. The van der Waals surface area contributed by atoms with Gasteiger partial charge in [-0.25, -0.2) is 14.0 Å². The molecule has 1 saturated heterocycles. The maximum absolute atomic E-state index is 14.7. The molecule has 0 radical (unpaired) electrons. The maximum atomic E-state index is 14.7. The first-order valence-corrected chi connectivity index (χ1v) is 14.6. The van der Waals surface area contributed by atoms with E-state index in [0.29, 0.717) is 0 Å². The third-order valence-corrected chi connectivity index (χ3v) is 8.51. The monoisotopic (exact) mass is 608 g/mol. The van der Waals surface area contributed by atoms with E-state index in [1.165, 1.54) is 16.7 Å². The molecule has 2 aromatic carbocycles. The molecule has 1 amide bonds. The predicted molar refractivity (Wildman–Crippen MR) is 152 cm³/mol. The minimum Gasteiger partial charge on any atom is -0.444 e. The fraction of sp³-hybridized carbons (Fsp3) is 0.483. The molecule has 226 valence electrons. The number of hydrogen-bond acceptors (Lipinski definition) is 7. The Labute approximate surface area is 244 Å². The van der Waals surface area contributed by atoms with Gasteiger partial charge in [0.25, 0.3) is 0 Å². The first-order chi connectivity index (χ1) is 19.5. The molecule has 0 aliphatic carbocycles. The first kappa shape index (κ1) is 30.1. The number of aromatic nitrogens is 2. The highest BCUT2D eigenvalue weighted by Gasteiger charge is 2.40. The van der Waals surface area contributed by atoms with Crippen molar-refractivity contribution in [1.29, 1.82) is 0 Å². The van der Waals surface area contributed by atoms with Crippen molar-refractivity contribution >= 4 is 34.6 Å². The summed E-state index contributed by atoms with van der Waals surface area (Å²) in [6.45, 7) is 9.14. The van der Waals surface area contributed by atoms with Crippen molar-refractivity contribution in [3.05, 3.63) is 52.2 Å². The van der Waals surface area contributed by atoms with Crippen LogP contribution in [0.5, 0.6) is 0 Å². The van der Waals surface area contributed by atoms with Crippen molar-refractivity contribution in [3.63, 3.8) is 0 Å². The Kier molecular flexibility index (Phi) is 7.71. The van der Waals surface area contributed by atoms with Gasteiger partial charge in [0.2, 0.25) is 0 Å². The number of benzene rings is 2. The Balaban J connectivity index is 1.72. The summed E-state index contributed by atoms with van der Waals surface area (Å²) in [5.74, 6) is -0.480. The largest absolute Gasteiger partial charge is 0.444 e. The highest BCUT2D eigenvalue weighted by Crippen LogP contribution is 2.48. The third kappa shape index (κ3) is 5.68. The SMILES string of the molecule is C[C@@H]1CN(c2nc(=O)n3c4c(c(-c5ccc(F)cc5)c(C(F)(F)F)cc24)SC[C@@H](O)C3)C[C@H](C)N1C(=O)OC(C)(C)C. The van der Waals surface area contributed by atoms with Crippen LogP contribution >= 0.6 is 11.8 Å². The van der Waals surface area contributed by atoms with Crippen molar-refractivity contribution in [1.82, 2.24) is 14.5 Å². The van der Waals surface area contributed by atoms with Crippen molar-refractivity contribution in [2.45, 2.75) is 76.0 Å². The van der Waals surface area contributed by atoms with E-state index in [4.69, 9.17) is 4.74 Å². The van der Waals surface area contributed by atoms with Crippen LogP contribution in [0.3, 0.4) is 0 Å². The highest BCUT2D eigenvalue weighted by atomic mass is 32.2. The fourth-order valence-electron chi connectivity index (χ4n) is 5.68. The van der Waals surface area contributed by atoms with Crippen LogP contribution in [0.2, 0.25) is 0 Å². The topological polar surface area (TPSA) is 87.9 Å². The van der Waals surface area contributed by atoms with Gasteiger partial charge in [0.05, 0.1) is 35.8 Å². The van der Waals surface area contributed by atoms with Crippen LogP contribution < -0.4 is 10.6 Å². The van der Waals surface area contributed by atoms with E-state index in [-0.39, 0.29) is 58.1 Å². The second-order valence-corrected chi connectivity index (χ2v) is 12.8. The van der Waals surface area contributed by atoms with Gasteiger partial charge in [0.1, 0.15) is 17.2 Å². The second-order valence-electron chi connectivity index (χ2n) is 11.8. The van der Waals surface area contributed by atoms with Gasteiger partial charge in [-0.2, -0.15) is 18.2 Å². The summed E-state index contributed by atoms with van der Waals surface area (Å²) in [6.07, 6.45) is -6.31. The number of anilines is 1. The highest BCUT2D eigenvalue weighted by molar-refractivity contribution is 7.99. The zero-order valence-corrected chi connectivity index (χ0v) is 24.6. The Morgan fingerprint density at radius 2 is 1.69 bits per heavy atom. The molecule has 0 spiro atoms. The molecule has 0 saturated carbocycles. The number of thioether (sulfide) groups is 1. The van der Waals surface area contributed by atoms with Crippen LogP contribution in [0.1, 0.15) is 40.2 Å². The zero-order valence-electron chi connectivity index (χ0n) is 23.8. The third-order valence-electron chi connectivity index (χ3n) is 7.27. The lowest BCUT2D eigenvalue weighted by atomic mass is 9.96. The van der Waals surface area contributed by atoms with E-state index in [0.717, 1.165) is 30.0 Å². The molecule has 2 aliphatic rings. The number of nitrogens with zero attached hydrogens (tertiary/aromatic N) is 4.